The Morgan fingerprint density at radius 1 is 1.28 bits per heavy atom. The van der Waals surface area contributed by atoms with Gasteiger partial charge in [-0.25, -0.2) is 0 Å². The zero-order chi connectivity index (χ0) is 13.0. The van der Waals surface area contributed by atoms with Gasteiger partial charge in [-0.3, -0.25) is 9.78 Å². The van der Waals surface area contributed by atoms with Crippen LogP contribution in [-0.2, 0) is 0 Å². The number of pyridine rings is 1. The highest BCUT2D eigenvalue weighted by Gasteiger charge is 2.13. The molecule has 0 atom stereocenters. The molecule has 0 unspecified atom stereocenters. The van der Waals surface area contributed by atoms with Gasteiger partial charge in [-0.05, 0) is 30.3 Å². The first kappa shape index (κ1) is 12.3. The average Bonchev–Trinajstić information content (AvgIpc) is 2.46. The van der Waals surface area contributed by atoms with Crippen molar-refractivity contribution < 1.29 is 9.53 Å². The summed E-state index contributed by atoms with van der Waals surface area (Å²) in [4.78, 5) is 16.3. The molecule has 3 nitrogen and oxygen atoms in total. The largest absolute Gasteiger partial charge is 0.497 e. The van der Waals surface area contributed by atoms with Crippen molar-refractivity contribution in [3.63, 3.8) is 0 Å². The predicted octanol–water partition coefficient (Wildman–Crippen LogP) is 3.35. The average molecular weight is 241 g/mol. The number of ketones is 1. The fourth-order valence-electron chi connectivity index (χ4n) is 1.82. The highest BCUT2D eigenvalue weighted by Crippen LogP contribution is 2.26. The van der Waals surface area contributed by atoms with E-state index in [2.05, 4.69) is 4.98 Å². The molecule has 2 aromatic rings. The molecule has 0 amide bonds. The van der Waals surface area contributed by atoms with Gasteiger partial charge >= 0.3 is 0 Å². The maximum absolute atomic E-state index is 12.0. The summed E-state index contributed by atoms with van der Waals surface area (Å²) in [5, 5.41) is 0. The minimum absolute atomic E-state index is 0.0922. The third-order valence-corrected chi connectivity index (χ3v) is 2.79. The molecule has 0 spiro atoms. The van der Waals surface area contributed by atoms with E-state index in [0.717, 1.165) is 11.3 Å². The summed E-state index contributed by atoms with van der Waals surface area (Å²) in [6.45, 7) is 1.85. The SMILES string of the molecule is CCC(=O)c1cc(OC)ccc1-c1ccccn1. The fraction of sp³-hybridized carbons (Fsp3) is 0.200. The molecule has 1 aromatic heterocycles. The summed E-state index contributed by atoms with van der Waals surface area (Å²) in [6.07, 6.45) is 2.19. The summed E-state index contributed by atoms with van der Waals surface area (Å²) in [5.74, 6) is 0.779. The van der Waals surface area contributed by atoms with Crippen molar-refractivity contribution in [2.24, 2.45) is 0 Å². The van der Waals surface area contributed by atoms with E-state index in [4.69, 9.17) is 4.74 Å². The van der Waals surface area contributed by atoms with Gasteiger partial charge < -0.3 is 4.74 Å². The van der Waals surface area contributed by atoms with E-state index in [9.17, 15) is 4.79 Å². The molecule has 92 valence electrons. The lowest BCUT2D eigenvalue weighted by molar-refractivity contribution is 0.0988. The Bertz CT molecular complexity index is 550. The number of benzene rings is 1. The van der Waals surface area contributed by atoms with E-state index in [1.807, 2.05) is 37.3 Å². The number of aromatic nitrogens is 1. The number of hydrogen-bond acceptors (Lipinski definition) is 3. The summed E-state index contributed by atoms with van der Waals surface area (Å²) >= 11 is 0. The van der Waals surface area contributed by atoms with Crippen LogP contribution in [0.1, 0.15) is 23.7 Å². The summed E-state index contributed by atoms with van der Waals surface area (Å²) in [7, 11) is 1.59. The van der Waals surface area contributed by atoms with Crippen LogP contribution in [0.3, 0.4) is 0 Å². The molecule has 1 heterocycles. The van der Waals surface area contributed by atoms with Gasteiger partial charge in [-0.1, -0.05) is 13.0 Å². The van der Waals surface area contributed by atoms with E-state index < -0.39 is 0 Å². The molecule has 0 saturated heterocycles. The Morgan fingerprint density at radius 2 is 2.11 bits per heavy atom. The van der Waals surface area contributed by atoms with Crippen LogP contribution in [-0.4, -0.2) is 17.9 Å². The van der Waals surface area contributed by atoms with Crippen molar-refractivity contribution in [2.45, 2.75) is 13.3 Å². The van der Waals surface area contributed by atoms with Crippen LogP contribution in [0.25, 0.3) is 11.3 Å². The summed E-state index contributed by atoms with van der Waals surface area (Å²) in [6, 6.07) is 11.2. The normalized spacial score (nSPS) is 10.1. The molecule has 2 rings (SSSR count). The second-order valence-electron chi connectivity index (χ2n) is 3.90. The number of Topliss-reactive ketones (excluding diaryl/α,β-unsaturated/α-hetero) is 1. The molecule has 0 radical (unpaired) electrons. The quantitative estimate of drug-likeness (QED) is 0.770. The van der Waals surface area contributed by atoms with Gasteiger partial charge in [-0.2, -0.15) is 0 Å². The number of ether oxygens (including phenoxy) is 1. The van der Waals surface area contributed by atoms with Crippen molar-refractivity contribution in [1.82, 2.24) is 4.98 Å². The topological polar surface area (TPSA) is 39.2 Å². The van der Waals surface area contributed by atoms with Gasteiger partial charge in [0.15, 0.2) is 5.78 Å². The van der Waals surface area contributed by atoms with Crippen LogP contribution >= 0.6 is 0 Å². The van der Waals surface area contributed by atoms with Crippen LogP contribution in [0.15, 0.2) is 42.6 Å². The Morgan fingerprint density at radius 3 is 2.72 bits per heavy atom. The molecule has 0 aliphatic heterocycles. The van der Waals surface area contributed by atoms with Gasteiger partial charge in [0.05, 0.1) is 12.8 Å². The van der Waals surface area contributed by atoms with Crippen LogP contribution in [0.2, 0.25) is 0 Å². The van der Waals surface area contributed by atoms with E-state index in [1.54, 1.807) is 19.4 Å². The minimum Gasteiger partial charge on any atom is -0.497 e. The predicted molar refractivity (Wildman–Crippen MR) is 70.8 cm³/mol. The summed E-state index contributed by atoms with van der Waals surface area (Å²) in [5.41, 5.74) is 2.32. The standard InChI is InChI=1S/C15H15NO2/c1-3-15(17)13-10-11(18-2)7-8-12(13)14-6-4-5-9-16-14/h4-10H,3H2,1-2H3. The zero-order valence-corrected chi connectivity index (χ0v) is 10.5. The fourth-order valence-corrected chi connectivity index (χ4v) is 1.82. The second kappa shape index (κ2) is 5.45. The van der Waals surface area contributed by atoms with Gasteiger partial charge in [0.25, 0.3) is 0 Å². The number of methoxy groups -OCH3 is 1. The van der Waals surface area contributed by atoms with Crippen LogP contribution in [0.5, 0.6) is 5.75 Å². The highest BCUT2D eigenvalue weighted by molar-refractivity contribution is 6.02. The number of carbonyl (C=O) groups excluding carboxylic acids is 1. The molecule has 0 aliphatic rings. The van der Waals surface area contributed by atoms with E-state index in [-0.39, 0.29) is 5.78 Å². The molecule has 0 fully saturated rings. The first-order valence-electron chi connectivity index (χ1n) is 5.89. The van der Waals surface area contributed by atoms with Crippen LogP contribution in [0, 0.1) is 0 Å². The number of nitrogens with zero attached hydrogens (tertiary/aromatic N) is 1. The van der Waals surface area contributed by atoms with Crippen molar-refractivity contribution >= 4 is 5.78 Å². The Hall–Kier alpha value is -2.16. The van der Waals surface area contributed by atoms with Crippen molar-refractivity contribution in [3.05, 3.63) is 48.2 Å². The van der Waals surface area contributed by atoms with Crippen molar-refractivity contribution in [1.29, 1.82) is 0 Å². The third-order valence-electron chi connectivity index (χ3n) is 2.79. The molecule has 1 aromatic carbocycles. The highest BCUT2D eigenvalue weighted by atomic mass is 16.5. The lowest BCUT2D eigenvalue weighted by Gasteiger charge is -2.09. The first-order chi connectivity index (χ1) is 8.76. The lowest BCUT2D eigenvalue weighted by atomic mass is 9.99. The Balaban J connectivity index is 2.56. The van der Waals surface area contributed by atoms with Crippen LogP contribution in [0.4, 0.5) is 0 Å². The minimum atomic E-state index is 0.0922. The monoisotopic (exact) mass is 241 g/mol. The molecular weight excluding hydrogens is 226 g/mol. The lowest BCUT2D eigenvalue weighted by Crippen LogP contribution is -2.01. The number of hydrogen-bond donors (Lipinski definition) is 0. The first-order valence-corrected chi connectivity index (χ1v) is 5.89. The van der Waals surface area contributed by atoms with E-state index in [1.165, 1.54) is 0 Å². The molecule has 0 saturated carbocycles. The van der Waals surface area contributed by atoms with Gasteiger partial charge in [0.2, 0.25) is 0 Å². The zero-order valence-electron chi connectivity index (χ0n) is 10.5. The number of carbonyl (C=O) groups is 1. The smallest absolute Gasteiger partial charge is 0.163 e. The second-order valence-corrected chi connectivity index (χ2v) is 3.90. The van der Waals surface area contributed by atoms with Gasteiger partial charge in [-0.15, -0.1) is 0 Å². The maximum Gasteiger partial charge on any atom is 0.163 e. The third kappa shape index (κ3) is 2.40. The Labute approximate surface area is 106 Å². The van der Waals surface area contributed by atoms with Crippen LogP contribution < -0.4 is 4.74 Å². The molecule has 3 heteroatoms. The molecule has 0 aliphatic carbocycles. The van der Waals surface area contributed by atoms with Crippen molar-refractivity contribution in [2.75, 3.05) is 7.11 Å². The number of rotatable bonds is 4. The van der Waals surface area contributed by atoms with Gasteiger partial charge in [0.1, 0.15) is 5.75 Å². The molecule has 0 bridgehead atoms. The Kier molecular flexibility index (Phi) is 3.72. The summed E-state index contributed by atoms with van der Waals surface area (Å²) < 4.78 is 5.17. The molecule has 0 N–H and O–H groups in total. The maximum atomic E-state index is 12.0. The molecular formula is C15H15NO2. The van der Waals surface area contributed by atoms with Gasteiger partial charge in [0, 0.05) is 23.7 Å². The van der Waals surface area contributed by atoms with E-state index in [0.29, 0.717) is 17.7 Å². The van der Waals surface area contributed by atoms with E-state index >= 15 is 0 Å². The molecule has 18 heavy (non-hydrogen) atoms. The van der Waals surface area contributed by atoms with Crippen molar-refractivity contribution in [3.8, 4) is 17.0 Å².